The summed E-state index contributed by atoms with van der Waals surface area (Å²) in [5.74, 6) is -2.64. The van der Waals surface area contributed by atoms with E-state index in [2.05, 4.69) is 5.16 Å². The van der Waals surface area contributed by atoms with Crippen molar-refractivity contribution in [3.8, 4) is 17.1 Å². The van der Waals surface area contributed by atoms with Gasteiger partial charge in [0.2, 0.25) is 0 Å². The molecule has 0 aliphatic rings. The number of carbonyl (C=O) groups is 1. The maximum absolute atomic E-state index is 13.2. The van der Waals surface area contributed by atoms with Crippen LogP contribution in [0.1, 0.15) is 16.1 Å². The van der Waals surface area contributed by atoms with Gasteiger partial charge in [0.1, 0.15) is 0 Å². The van der Waals surface area contributed by atoms with Crippen molar-refractivity contribution in [2.75, 3.05) is 0 Å². The Morgan fingerprint density at radius 1 is 1.47 bits per heavy atom. The molecule has 1 aromatic carbocycles. The smallest absolute Gasteiger partial charge is 0.358 e. The molecular formula is C11H8FNO4. The highest BCUT2D eigenvalue weighted by atomic mass is 19.1. The summed E-state index contributed by atoms with van der Waals surface area (Å²) in [6.07, 6.45) is 0. The Morgan fingerprint density at radius 2 is 2.18 bits per heavy atom. The third-order valence-electron chi connectivity index (χ3n) is 2.31. The van der Waals surface area contributed by atoms with E-state index in [-0.39, 0.29) is 17.0 Å². The van der Waals surface area contributed by atoms with Gasteiger partial charge in [-0.3, -0.25) is 0 Å². The highest BCUT2D eigenvalue weighted by Gasteiger charge is 2.18. The van der Waals surface area contributed by atoms with Gasteiger partial charge >= 0.3 is 5.97 Å². The fourth-order valence-corrected chi connectivity index (χ4v) is 1.47. The number of aryl methyl sites for hydroxylation is 1. The summed E-state index contributed by atoms with van der Waals surface area (Å²) in [6, 6.07) is 3.69. The van der Waals surface area contributed by atoms with Crippen LogP contribution in [-0.2, 0) is 0 Å². The molecule has 2 rings (SSSR count). The lowest BCUT2D eigenvalue weighted by molar-refractivity contribution is 0.0686. The number of aromatic hydroxyl groups is 1. The largest absolute Gasteiger partial charge is 0.504 e. The second kappa shape index (κ2) is 3.89. The van der Waals surface area contributed by atoms with Crippen molar-refractivity contribution in [2.24, 2.45) is 0 Å². The number of benzene rings is 1. The van der Waals surface area contributed by atoms with E-state index < -0.39 is 17.5 Å². The van der Waals surface area contributed by atoms with Crippen LogP contribution in [0, 0.1) is 12.7 Å². The van der Waals surface area contributed by atoms with Crippen LogP contribution in [0.25, 0.3) is 11.3 Å². The average molecular weight is 237 g/mol. The summed E-state index contributed by atoms with van der Waals surface area (Å²) in [7, 11) is 0. The number of aromatic nitrogens is 1. The number of hydrogen-bond donors (Lipinski definition) is 2. The molecule has 0 amide bonds. The van der Waals surface area contributed by atoms with E-state index in [9.17, 15) is 14.3 Å². The van der Waals surface area contributed by atoms with E-state index in [1.807, 2.05) is 0 Å². The molecule has 2 aromatic rings. The maximum atomic E-state index is 13.2. The van der Waals surface area contributed by atoms with Gasteiger partial charge in [-0.15, -0.1) is 0 Å². The Balaban J connectivity index is 2.60. The molecule has 1 heterocycles. The van der Waals surface area contributed by atoms with Gasteiger partial charge in [0.25, 0.3) is 0 Å². The predicted molar refractivity (Wildman–Crippen MR) is 55.3 cm³/mol. The van der Waals surface area contributed by atoms with Crippen molar-refractivity contribution in [2.45, 2.75) is 6.92 Å². The van der Waals surface area contributed by atoms with Crippen LogP contribution in [-0.4, -0.2) is 21.3 Å². The topological polar surface area (TPSA) is 83.6 Å². The Kier molecular flexibility index (Phi) is 2.55. The zero-order chi connectivity index (χ0) is 12.6. The minimum absolute atomic E-state index is 0.0110. The first kappa shape index (κ1) is 11.1. The standard InChI is InChI=1S/C11H8FNO4/c1-5-2-3-6(12)10(14)9(5)8-4-7(11(15)16)13-17-8/h2-4,14H,1H3,(H,15,16). The quantitative estimate of drug-likeness (QED) is 0.836. The Labute approximate surface area is 95.1 Å². The normalized spacial score (nSPS) is 10.5. The molecule has 0 aliphatic heterocycles. The van der Waals surface area contributed by atoms with Gasteiger partial charge in [0.05, 0.1) is 5.56 Å². The molecule has 0 unspecified atom stereocenters. The van der Waals surface area contributed by atoms with Gasteiger partial charge in [-0.05, 0) is 18.6 Å². The van der Waals surface area contributed by atoms with Crippen LogP contribution in [0.15, 0.2) is 22.7 Å². The molecule has 0 saturated carbocycles. The molecule has 88 valence electrons. The summed E-state index contributed by atoms with van der Waals surface area (Å²) in [6.45, 7) is 1.64. The average Bonchev–Trinajstić information content (AvgIpc) is 2.73. The predicted octanol–water partition coefficient (Wildman–Crippen LogP) is 2.19. The van der Waals surface area contributed by atoms with Crippen molar-refractivity contribution in [1.82, 2.24) is 5.16 Å². The molecule has 1 aromatic heterocycles. The van der Waals surface area contributed by atoms with Gasteiger partial charge in [0, 0.05) is 6.07 Å². The molecule has 6 heteroatoms. The van der Waals surface area contributed by atoms with Crippen molar-refractivity contribution < 1.29 is 23.9 Å². The van der Waals surface area contributed by atoms with Crippen LogP contribution in [0.4, 0.5) is 4.39 Å². The Morgan fingerprint density at radius 3 is 2.76 bits per heavy atom. The van der Waals surface area contributed by atoms with E-state index >= 15 is 0 Å². The van der Waals surface area contributed by atoms with E-state index in [1.165, 1.54) is 6.07 Å². The monoisotopic (exact) mass is 237 g/mol. The van der Waals surface area contributed by atoms with Crippen molar-refractivity contribution >= 4 is 5.97 Å². The molecule has 0 radical (unpaired) electrons. The van der Waals surface area contributed by atoms with Crippen molar-refractivity contribution in [3.05, 3.63) is 35.3 Å². The molecule has 0 atom stereocenters. The first-order valence-electron chi connectivity index (χ1n) is 4.69. The first-order chi connectivity index (χ1) is 8.00. The summed E-state index contributed by atoms with van der Waals surface area (Å²) in [5.41, 5.74) is 0.352. The third-order valence-corrected chi connectivity index (χ3v) is 2.31. The number of carboxylic acids is 1. The lowest BCUT2D eigenvalue weighted by Crippen LogP contribution is -1.94. The molecule has 5 nitrogen and oxygen atoms in total. The van der Waals surface area contributed by atoms with E-state index in [0.717, 1.165) is 12.1 Å². The maximum Gasteiger partial charge on any atom is 0.358 e. The number of nitrogens with zero attached hydrogens (tertiary/aromatic N) is 1. The number of hydrogen-bond acceptors (Lipinski definition) is 4. The zero-order valence-electron chi connectivity index (χ0n) is 8.77. The summed E-state index contributed by atoms with van der Waals surface area (Å²) in [4.78, 5) is 10.6. The van der Waals surface area contributed by atoms with Crippen LogP contribution >= 0.6 is 0 Å². The molecule has 0 saturated heterocycles. The van der Waals surface area contributed by atoms with Gasteiger partial charge in [-0.25, -0.2) is 9.18 Å². The highest BCUT2D eigenvalue weighted by molar-refractivity contribution is 5.87. The zero-order valence-corrected chi connectivity index (χ0v) is 8.77. The summed E-state index contributed by atoms with van der Waals surface area (Å²) < 4.78 is 18.0. The molecule has 17 heavy (non-hydrogen) atoms. The highest BCUT2D eigenvalue weighted by Crippen LogP contribution is 2.34. The van der Waals surface area contributed by atoms with E-state index in [0.29, 0.717) is 5.56 Å². The number of aromatic carboxylic acids is 1. The SMILES string of the molecule is Cc1ccc(F)c(O)c1-c1cc(C(=O)O)no1. The molecule has 0 fully saturated rings. The van der Waals surface area contributed by atoms with Crippen LogP contribution in [0.5, 0.6) is 5.75 Å². The van der Waals surface area contributed by atoms with Crippen LogP contribution < -0.4 is 0 Å². The fraction of sp³-hybridized carbons (Fsp3) is 0.0909. The second-order valence-corrected chi connectivity index (χ2v) is 3.47. The number of halogens is 1. The fourth-order valence-electron chi connectivity index (χ4n) is 1.47. The van der Waals surface area contributed by atoms with Crippen LogP contribution in [0.2, 0.25) is 0 Å². The molecule has 0 aliphatic carbocycles. The lowest BCUT2D eigenvalue weighted by atomic mass is 10.0. The molecule has 0 spiro atoms. The van der Waals surface area contributed by atoms with E-state index in [4.69, 9.17) is 9.63 Å². The second-order valence-electron chi connectivity index (χ2n) is 3.47. The minimum atomic E-state index is -1.26. The van der Waals surface area contributed by atoms with Gasteiger partial charge in [-0.2, -0.15) is 0 Å². The Bertz CT molecular complexity index is 591. The minimum Gasteiger partial charge on any atom is -0.504 e. The number of carboxylic acid groups (broad SMARTS) is 1. The first-order valence-corrected chi connectivity index (χ1v) is 4.69. The lowest BCUT2D eigenvalue weighted by Gasteiger charge is -2.04. The van der Waals surface area contributed by atoms with Crippen LogP contribution in [0.3, 0.4) is 0 Å². The summed E-state index contributed by atoms with van der Waals surface area (Å²) >= 11 is 0. The number of phenols is 1. The van der Waals surface area contributed by atoms with Gasteiger partial charge < -0.3 is 14.7 Å². The van der Waals surface area contributed by atoms with E-state index in [1.54, 1.807) is 6.92 Å². The molecule has 0 bridgehead atoms. The third kappa shape index (κ3) is 1.84. The molecular weight excluding hydrogens is 229 g/mol. The Hall–Kier alpha value is -2.37. The number of rotatable bonds is 2. The summed E-state index contributed by atoms with van der Waals surface area (Å²) in [5, 5.41) is 21.5. The molecule has 2 N–H and O–H groups in total. The van der Waals surface area contributed by atoms with Gasteiger partial charge in [0.15, 0.2) is 23.0 Å². The number of phenolic OH excluding ortho intramolecular Hbond substituents is 1. The van der Waals surface area contributed by atoms with Crippen molar-refractivity contribution in [3.63, 3.8) is 0 Å². The van der Waals surface area contributed by atoms with Gasteiger partial charge in [-0.1, -0.05) is 11.2 Å². The van der Waals surface area contributed by atoms with Crippen molar-refractivity contribution in [1.29, 1.82) is 0 Å².